The van der Waals surface area contributed by atoms with Crippen LogP contribution in [0.3, 0.4) is 0 Å². The first kappa shape index (κ1) is 10.1. The summed E-state index contributed by atoms with van der Waals surface area (Å²) in [7, 11) is 0. The van der Waals surface area contributed by atoms with Crippen molar-refractivity contribution in [2.75, 3.05) is 0 Å². The number of pyridine rings is 1. The molecule has 1 fully saturated rings. The number of aryl methyl sites for hydroxylation is 1. The van der Waals surface area contributed by atoms with E-state index in [0.717, 1.165) is 18.4 Å². The van der Waals surface area contributed by atoms with Gasteiger partial charge in [-0.2, -0.15) is 0 Å². The van der Waals surface area contributed by atoms with Crippen molar-refractivity contribution in [1.29, 1.82) is 0 Å². The Morgan fingerprint density at radius 3 is 2.87 bits per heavy atom. The molecule has 0 atom stereocenters. The molecule has 0 bridgehead atoms. The largest absolute Gasteiger partial charge is 0.477 e. The lowest BCUT2D eigenvalue weighted by Crippen LogP contribution is -2.06. The molecule has 0 aliphatic heterocycles. The first-order chi connectivity index (χ1) is 7.22. The smallest absolute Gasteiger partial charge is 0.354 e. The van der Waals surface area contributed by atoms with Gasteiger partial charge in [0.1, 0.15) is 0 Å². The third-order valence-electron chi connectivity index (χ3n) is 2.76. The maximum Gasteiger partial charge on any atom is 0.354 e. The van der Waals surface area contributed by atoms with E-state index in [-0.39, 0.29) is 5.69 Å². The summed E-state index contributed by atoms with van der Waals surface area (Å²) in [6, 6.07) is 2.03. The molecule has 1 aliphatic carbocycles. The zero-order valence-electron chi connectivity index (χ0n) is 8.86. The molecule has 0 amide bonds. The summed E-state index contributed by atoms with van der Waals surface area (Å²) in [5.41, 5.74) is 2.32. The molecule has 0 radical (unpaired) electrons. The summed E-state index contributed by atoms with van der Waals surface area (Å²) in [5, 5.41) is 8.97. The van der Waals surface area contributed by atoms with Crippen LogP contribution in [0.25, 0.3) is 0 Å². The average molecular weight is 205 g/mol. The molecule has 1 aromatic heterocycles. The van der Waals surface area contributed by atoms with Crippen LogP contribution in [-0.2, 0) is 6.42 Å². The molecule has 1 aliphatic rings. The maximum atomic E-state index is 10.9. The third-order valence-corrected chi connectivity index (χ3v) is 2.76. The Labute approximate surface area is 89.2 Å². The highest BCUT2D eigenvalue weighted by Gasteiger charge is 2.25. The van der Waals surface area contributed by atoms with Gasteiger partial charge in [-0.1, -0.05) is 19.4 Å². The van der Waals surface area contributed by atoms with Gasteiger partial charge in [-0.25, -0.2) is 9.78 Å². The third kappa shape index (κ3) is 2.17. The molecular formula is C12H15NO2. The average Bonchev–Trinajstić information content (AvgIpc) is 3.01. The lowest BCUT2D eigenvalue weighted by atomic mass is 10.0. The molecule has 0 spiro atoms. The van der Waals surface area contributed by atoms with Crippen LogP contribution in [-0.4, -0.2) is 16.1 Å². The molecule has 15 heavy (non-hydrogen) atoms. The van der Waals surface area contributed by atoms with Crippen LogP contribution in [0.5, 0.6) is 0 Å². The fourth-order valence-electron chi connectivity index (χ4n) is 1.82. The van der Waals surface area contributed by atoms with Gasteiger partial charge >= 0.3 is 5.97 Å². The van der Waals surface area contributed by atoms with Crippen molar-refractivity contribution >= 4 is 5.97 Å². The highest BCUT2D eigenvalue weighted by atomic mass is 16.4. The molecule has 3 heteroatoms. The number of carboxylic acid groups (broad SMARTS) is 1. The zero-order valence-corrected chi connectivity index (χ0v) is 8.86. The van der Waals surface area contributed by atoms with E-state index in [9.17, 15) is 4.79 Å². The second-order valence-electron chi connectivity index (χ2n) is 4.11. The van der Waals surface area contributed by atoms with Crippen LogP contribution in [0.4, 0.5) is 0 Å². The number of aromatic carboxylic acids is 1. The van der Waals surface area contributed by atoms with Crippen LogP contribution in [0, 0.1) is 0 Å². The van der Waals surface area contributed by atoms with Gasteiger partial charge in [-0.3, -0.25) is 0 Å². The molecule has 0 unspecified atom stereocenters. The molecule has 80 valence electrons. The minimum Gasteiger partial charge on any atom is -0.477 e. The van der Waals surface area contributed by atoms with Crippen molar-refractivity contribution in [2.45, 2.75) is 38.5 Å². The fraction of sp³-hybridized carbons (Fsp3) is 0.500. The summed E-state index contributed by atoms with van der Waals surface area (Å²) < 4.78 is 0. The number of aromatic nitrogens is 1. The number of carbonyl (C=O) groups is 1. The van der Waals surface area contributed by atoms with E-state index < -0.39 is 5.97 Å². The Hall–Kier alpha value is -1.38. The molecule has 2 rings (SSSR count). The van der Waals surface area contributed by atoms with Gasteiger partial charge in [0.25, 0.3) is 0 Å². The molecule has 1 heterocycles. The topological polar surface area (TPSA) is 50.2 Å². The van der Waals surface area contributed by atoms with Crippen LogP contribution in [0.15, 0.2) is 12.3 Å². The highest BCUT2D eigenvalue weighted by Crippen LogP contribution is 2.40. The minimum absolute atomic E-state index is 0.223. The molecule has 1 N–H and O–H groups in total. The number of hydrogen-bond donors (Lipinski definition) is 1. The molecule has 1 saturated carbocycles. The Bertz CT molecular complexity index is 383. The van der Waals surface area contributed by atoms with E-state index in [2.05, 4.69) is 11.9 Å². The lowest BCUT2D eigenvalue weighted by Gasteiger charge is -2.06. The Kier molecular flexibility index (Phi) is 2.71. The van der Waals surface area contributed by atoms with Crippen molar-refractivity contribution in [2.24, 2.45) is 0 Å². The number of carboxylic acids is 1. The maximum absolute atomic E-state index is 10.9. The summed E-state index contributed by atoms with van der Waals surface area (Å²) in [5.74, 6) is -0.281. The van der Waals surface area contributed by atoms with Crippen molar-refractivity contribution < 1.29 is 9.90 Å². The summed E-state index contributed by atoms with van der Waals surface area (Å²) in [4.78, 5) is 15.0. The Morgan fingerprint density at radius 2 is 2.33 bits per heavy atom. The first-order valence-corrected chi connectivity index (χ1v) is 5.44. The van der Waals surface area contributed by atoms with E-state index in [0.29, 0.717) is 5.92 Å². The van der Waals surface area contributed by atoms with Gasteiger partial charge in [0.2, 0.25) is 0 Å². The second-order valence-corrected chi connectivity index (χ2v) is 4.11. The fourth-order valence-corrected chi connectivity index (χ4v) is 1.82. The molecule has 0 saturated heterocycles. The predicted octanol–water partition coefficient (Wildman–Crippen LogP) is 2.61. The van der Waals surface area contributed by atoms with Gasteiger partial charge in [0, 0.05) is 6.20 Å². The molecule has 0 aromatic carbocycles. The van der Waals surface area contributed by atoms with Crippen LogP contribution >= 0.6 is 0 Å². The quantitative estimate of drug-likeness (QED) is 0.822. The zero-order chi connectivity index (χ0) is 10.8. The number of hydrogen-bond acceptors (Lipinski definition) is 2. The van der Waals surface area contributed by atoms with Crippen LogP contribution in [0.2, 0.25) is 0 Å². The van der Waals surface area contributed by atoms with Gasteiger partial charge in [-0.05, 0) is 36.3 Å². The predicted molar refractivity (Wildman–Crippen MR) is 57.2 cm³/mol. The number of rotatable bonds is 4. The summed E-state index contributed by atoms with van der Waals surface area (Å²) in [6.45, 7) is 2.05. The molecule has 1 aromatic rings. The Morgan fingerprint density at radius 1 is 1.60 bits per heavy atom. The van der Waals surface area contributed by atoms with Crippen LogP contribution in [0.1, 0.15) is 53.7 Å². The molecular weight excluding hydrogens is 190 g/mol. The Balaban J connectivity index is 2.34. The SMILES string of the molecule is CCCc1cc(C2CC2)cnc1C(=O)O. The highest BCUT2D eigenvalue weighted by molar-refractivity contribution is 5.87. The first-order valence-electron chi connectivity index (χ1n) is 5.44. The monoisotopic (exact) mass is 205 g/mol. The van der Waals surface area contributed by atoms with Gasteiger partial charge in [-0.15, -0.1) is 0 Å². The van der Waals surface area contributed by atoms with Crippen molar-refractivity contribution in [3.63, 3.8) is 0 Å². The van der Waals surface area contributed by atoms with E-state index in [1.807, 2.05) is 6.07 Å². The van der Waals surface area contributed by atoms with E-state index in [4.69, 9.17) is 5.11 Å². The lowest BCUT2D eigenvalue weighted by molar-refractivity contribution is 0.0689. The number of nitrogens with zero attached hydrogens (tertiary/aromatic N) is 1. The molecule has 3 nitrogen and oxygen atoms in total. The van der Waals surface area contributed by atoms with Gasteiger partial charge < -0.3 is 5.11 Å². The van der Waals surface area contributed by atoms with E-state index in [1.54, 1.807) is 6.20 Å². The van der Waals surface area contributed by atoms with Crippen molar-refractivity contribution in [3.05, 3.63) is 29.1 Å². The van der Waals surface area contributed by atoms with Gasteiger partial charge in [0.15, 0.2) is 5.69 Å². The normalized spacial score (nSPS) is 15.3. The van der Waals surface area contributed by atoms with Gasteiger partial charge in [0.05, 0.1) is 0 Å². The second kappa shape index (κ2) is 4.01. The summed E-state index contributed by atoms with van der Waals surface area (Å²) >= 11 is 0. The minimum atomic E-state index is -0.916. The van der Waals surface area contributed by atoms with E-state index >= 15 is 0 Å². The summed E-state index contributed by atoms with van der Waals surface area (Å²) in [6.07, 6.45) is 5.92. The van der Waals surface area contributed by atoms with E-state index in [1.165, 1.54) is 18.4 Å². The van der Waals surface area contributed by atoms with Crippen molar-refractivity contribution in [1.82, 2.24) is 4.98 Å². The standard InChI is InChI=1S/C12H15NO2/c1-2-3-9-6-10(8-4-5-8)7-13-11(9)12(14)15/h6-8H,2-5H2,1H3,(H,14,15). The van der Waals surface area contributed by atoms with Crippen LogP contribution < -0.4 is 0 Å². The van der Waals surface area contributed by atoms with Crippen molar-refractivity contribution in [3.8, 4) is 0 Å².